The van der Waals surface area contributed by atoms with E-state index in [0.717, 1.165) is 19.5 Å². The molecule has 146 valence electrons. The maximum absolute atomic E-state index is 12.5. The maximum atomic E-state index is 12.5. The summed E-state index contributed by atoms with van der Waals surface area (Å²) in [6.07, 6.45) is 1.06. The van der Waals surface area contributed by atoms with Gasteiger partial charge >= 0.3 is 0 Å². The highest BCUT2D eigenvalue weighted by atomic mass is 16.5. The minimum atomic E-state index is -0.246. The zero-order valence-electron chi connectivity index (χ0n) is 16.1. The Morgan fingerprint density at radius 2 is 2.07 bits per heavy atom. The van der Waals surface area contributed by atoms with Gasteiger partial charge in [-0.25, -0.2) is 9.97 Å². The van der Waals surface area contributed by atoms with Crippen molar-refractivity contribution in [1.82, 2.24) is 14.9 Å². The third-order valence-electron chi connectivity index (χ3n) is 5.00. The second-order valence-electron chi connectivity index (χ2n) is 7.21. The van der Waals surface area contributed by atoms with Crippen LogP contribution >= 0.6 is 0 Å². The molecule has 7 nitrogen and oxygen atoms in total. The van der Waals surface area contributed by atoms with Gasteiger partial charge in [0.05, 0.1) is 17.8 Å². The van der Waals surface area contributed by atoms with Crippen LogP contribution in [0.25, 0.3) is 11.0 Å². The van der Waals surface area contributed by atoms with Crippen LogP contribution in [0.2, 0.25) is 0 Å². The zero-order valence-corrected chi connectivity index (χ0v) is 16.1. The monoisotopic (exact) mass is 387 g/mol. The average molecular weight is 387 g/mol. The standard InChI is InChI=1S/C22H21N5O2/c1-27-11-10-15(13-27)14-29-22-19(12-23)24-20-17(8-5-9-18(20)26-22)25-21(28)16-6-3-2-4-7-16/h2-9,15H,10-11,13-14H2,1H3,(H,25,28). The number of nitrogens with one attached hydrogen (secondary N) is 1. The van der Waals surface area contributed by atoms with Gasteiger partial charge in [-0.1, -0.05) is 24.3 Å². The SMILES string of the molecule is CN1CCC(COc2nc3cccc(NC(=O)c4ccccc4)c3nc2C#N)C1. The Bertz CT molecular complexity index is 1080. The van der Waals surface area contributed by atoms with E-state index in [-0.39, 0.29) is 17.5 Å². The number of nitrogens with zero attached hydrogens (tertiary/aromatic N) is 4. The molecule has 1 saturated heterocycles. The lowest BCUT2D eigenvalue weighted by molar-refractivity contribution is 0.102. The molecule has 1 aliphatic heterocycles. The number of hydrogen-bond acceptors (Lipinski definition) is 6. The fourth-order valence-electron chi connectivity index (χ4n) is 3.48. The van der Waals surface area contributed by atoms with E-state index in [1.54, 1.807) is 42.5 Å². The highest BCUT2D eigenvalue weighted by molar-refractivity contribution is 6.07. The number of likely N-dealkylation sites (tertiary alicyclic amines) is 1. The first kappa shape index (κ1) is 18.8. The van der Waals surface area contributed by atoms with Crippen molar-refractivity contribution in [2.24, 2.45) is 5.92 Å². The van der Waals surface area contributed by atoms with Crippen molar-refractivity contribution in [2.75, 3.05) is 32.1 Å². The Labute approximate surface area is 169 Å². The average Bonchev–Trinajstić information content (AvgIpc) is 3.17. The minimum absolute atomic E-state index is 0.116. The van der Waals surface area contributed by atoms with E-state index >= 15 is 0 Å². The number of carbonyl (C=O) groups excluding carboxylic acids is 1. The summed E-state index contributed by atoms with van der Waals surface area (Å²) in [6.45, 7) is 2.52. The van der Waals surface area contributed by atoms with Gasteiger partial charge in [0.1, 0.15) is 11.6 Å². The van der Waals surface area contributed by atoms with E-state index in [2.05, 4.69) is 33.3 Å². The number of para-hydroxylation sites is 1. The van der Waals surface area contributed by atoms with E-state index in [4.69, 9.17) is 4.74 Å². The normalized spacial score (nSPS) is 16.5. The fourth-order valence-corrected chi connectivity index (χ4v) is 3.48. The van der Waals surface area contributed by atoms with Crippen LogP contribution < -0.4 is 10.1 Å². The van der Waals surface area contributed by atoms with E-state index in [1.807, 2.05) is 6.07 Å². The molecule has 2 heterocycles. The molecule has 0 aliphatic carbocycles. The number of carbonyl (C=O) groups is 1. The van der Waals surface area contributed by atoms with Crippen molar-refractivity contribution in [3.63, 3.8) is 0 Å². The molecule has 1 N–H and O–H groups in total. The Balaban J connectivity index is 1.59. The van der Waals surface area contributed by atoms with Gasteiger partial charge in [0, 0.05) is 18.0 Å². The van der Waals surface area contributed by atoms with E-state index < -0.39 is 0 Å². The van der Waals surface area contributed by atoms with Crippen LogP contribution in [-0.2, 0) is 0 Å². The number of amides is 1. The van der Waals surface area contributed by atoms with Gasteiger partial charge in [-0.15, -0.1) is 0 Å². The largest absolute Gasteiger partial charge is 0.475 e. The molecule has 0 saturated carbocycles. The molecule has 1 aliphatic rings. The zero-order chi connectivity index (χ0) is 20.2. The predicted octanol–water partition coefficient (Wildman–Crippen LogP) is 3.08. The lowest BCUT2D eigenvalue weighted by atomic mass is 10.1. The van der Waals surface area contributed by atoms with Crippen LogP contribution in [0.1, 0.15) is 22.5 Å². The molecular formula is C22H21N5O2. The van der Waals surface area contributed by atoms with Crippen molar-refractivity contribution < 1.29 is 9.53 Å². The van der Waals surface area contributed by atoms with Crippen LogP contribution in [0.4, 0.5) is 5.69 Å². The molecule has 4 rings (SSSR count). The number of fused-ring (bicyclic) bond motifs is 1. The first-order chi connectivity index (χ1) is 14.1. The van der Waals surface area contributed by atoms with Crippen molar-refractivity contribution in [1.29, 1.82) is 5.26 Å². The Hall–Kier alpha value is -3.50. The van der Waals surface area contributed by atoms with Crippen molar-refractivity contribution in [2.45, 2.75) is 6.42 Å². The van der Waals surface area contributed by atoms with E-state index in [1.165, 1.54) is 0 Å². The van der Waals surface area contributed by atoms with Crippen LogP contribution in [0.3, 0.4) is 0 Å². The van der Waals surface area contributed by atoms with Gasteiger partial charge in [-0.05, 0) is 44.3 Å². The van der Waals surface area contributed by atoms with Gasteiger partial charge in [0.15, 0.2) is 0 Å². The third kappa shape index (κ3) is 4.18. The minimum Gasteiger partial charge on any atom is -0.475 e. The lowest BCUT2D eigenvalue weighted by Crippen LogP contribution is -2.18. The van der Waals surface area contributed by atoms with Gasteiger partial charge in [-0.2, -0.15) is 5.26 Å². The third-order valence-corrected chi connectivity index (χ3v) is 5.00. The van der Waals surface area contributed by atoms with Gasteiger partial charge in [0.2, 0.25) is 5.69 Å². The molecule has 7 heteroatoms. The highest BCUT2D eigenvalue weighted by Crippen LogP contribution is 2.26. The van der Waals surface area contributed by atoms with Gasteiger partial charge in [0.25, 0.3) is 11.8 Å². The topological polar surface area (TPSA) is 91.1 Å². The second kappa shape index (κ2) is 8.25. The molecule has 1 atom stereocenters. The van der Waals surface area contributed by atoms with Gasteiger partial charge in [-0.3, -0.25) is 4.79 Å². The molecule has 1 unspecified atom stereocenters. The molecule has 0 spiro atoms. The summed E-state index contributed by atoms with van der Waals surface area (Å²) >= 11 is 0. The smallest absolute Gasteiger partial charge is 0.255 e. The number of aromatic nitrogens is 2. The summed E-state index contributed by atoms with van der Waals surface area (Å²) in [5, 5.41) is 12.4. The van der Waals surface area contributed by atoms with Crippen LogP contribution in [0.5, 0.6) is 5.88 Å². The summed E-state index contributed by atoms with van der Waals surface area (Å²) in [4.78, 5) is 23.7. The second-order valence-corrected chi connectivity index (χ2v) is 7.21. The van der Waals surface area contributed by atoms with Crippen molar-refractivity contribution in [3.8, 4) is 11.9 Å². The summed E-state index contributed by atoms with van der Waals surface area (Å²) in [7, 11) is 2.09. The van der Waals surface area contributed by atoms with Crippen molar-refractivity contribution in [3.05, 3.63) is 59.8 Å². The molecule has 2 aromatic carbocycles. The fraction of sp³-hybridized carbons (Fsp3) is 0.273. The molecule has 29 heavy (non-hydrogen) atoms. The highest BCUT2D eigenvalue weighted by Gasteiger charge is 2.21. The lowest BCUT2D eigenvalue weighted by Gasteiger charge is -2.13. The Morgan fingerprint density at radius 3 is 2.79 bits per heavy atom. The quantitative estimate of drug-likeness (QED) is 0.723. The van der Waals surface area contributed by atoms with E-state index in [9.17, 15) is 10.1 Å². The summed E-state index contributed by atoms with van der Waals surface area (Å²) in [5.74, 6) is 0.408. The first-order valence-electron chi connectivity index (χ1n) is 9.52. The van der Waals surface area contributed by atoms with Crippen LogP contribution in [0, 0.1) is 17.2 Å². The maximum Gasteiger partial charge on any atom is 0.255 e. The number of rotatable bonds is 5. The number of ether oxygens (including phenoxy) is 1. The number of anilines is 1. The summed E-state index contributed by atoms with van der Waals surface area (Å²) in [5.41, 5.74) is 2.18. The number of benzene rings is 2. The molecular weight excluding hydrogens is 366 g/mol. The molecule has 1 fully saturated rings. The van der Waals surface area contributed by atoms with E-state index in [0.29, 0.717) is 34.8 Å². The summed E-state index contributed by atoms with van der Waals surface area (Å²) in [6, 6.07) is 16.3. The van der Waals surface area contributed by atoms with Crippen LogP contribution in [0.15, 0.2) is 48.5 Å². The molecule has 0 radical (unpaired) electrons. The van der Waals surface area contributed by atoms with Gasteiger partial charge < -0.3 is 15.0 Å². The number of nitriles is 1. The molecule has 0 bridgehead atoms. The Kier molecular flexibility index (Phi) is 5.36. The summed E-state index contributed by atoms with van der Waals surface area (Å²) < 4.78 is 5.85. The van der Waals surface area contributed by atoms with Crippen molar-refractivity contribution >= 4 is 22.6 Å². The number of hydrogen-bond donors (Lipinski definition) is 1. The molecule has 1 amide bonds. The van der Waals surface area contributed by atoms with Crippen LogP contribution in [-0.4, -0.2) is 47.5 Å². The molecule has 1 aromatic heterocycles. The Morgan fingerprint density at radius 1 is 1.24 bits per heavy atom. The predicted molar refractivity (Wildman–Crippen MR) is 110 cm³/mol. The first-order valence-corrected chi connectivity index (χ1v) is 9.52. The molecule has 3 aromatic rings.